The van der Waals surface area contributed by atoms with Crippen LogP contribution in [0.3, 0.4) is 0 Å². The lowest BCUT2D eigenvalue weighted by molar-refractivity contribution is 0.00843. The third kappa shape index (κ3) is 3.56. The van der Waals surface area contributed by atoms with E-state index in [0.29, 0.717) is 11.0 Å². The van der Waals surface area contributed by atoms with Gasteiger partial charge in [-0.2, -0.15) is 0 Å². The van der Waals surface area contributed by atoms with Crippen molar-refractivity contribution >= 4 is 28.2 Å². The summed E-state index contributed by atoms with van der Waals surface area (Å²) in [6.45, 7) is 3.50. The molecule has 1 fully saturated rings. The molecule has 2 amide bonds. The highest BCUT2D eigenvalue weighted by Gasteiger charge is 2.20. The normalized spacial score (nSPS) is 13.9. The molecule has 2 N–H and O–H groups in total. The van der Waals surface area contributed by atoms with Gasteiger partial charge in [0.05, 0.1) is 13.2 Å². The minimum absolute atomic E-state index is 0.348. The molecule has 7 nitrogen and oxygen atoms in total. The third-order valence-electron chi connectivity index (χ3n) is 4.17. The molecule has 8 heteroatoms. The van der Waals surface area contributed by atoms with Crippen LogP contribution in [0.4, 0.5) is 15.6 Å². The molecule has 3 heterocycles. The van der Waals surface area contributed by atoms with Gasteiger partial charge in [0.25, 0.3) is 0 Å². The number of rotatable bonds is 4. The number of anilines is 2. The number of nitrogens with one attached hydrogen (secondary N) is 2. The van der Waals surface area contributed by atoms with E-state index in [1.54, 1.807) is 12.4 Å². The molecule has 0 aliphatic carbocycles. The topological polar surface area (TPSA) is 89.0 Å². The molecule has 4 rings (SSSR count). The van der Waals surface area contributed by atoms with Gasteiger partial charge in [-0.15, -0.1) is 10.2 Å². The van der Waals surface area contributed by atoms with Crippen LogP contribution in [0, 0.1) is 6.92 Å². The smallest absolute Gasteiger partial charge is 0.325 e. The summed E-state index contributed by atoms with van der Waals surface area (Å²) in [5.74, 6) is 0.467. The van der Waals surface area contributed by atoms with E-state index in [9.17, 15) is 4.79 Å². The van der Waals surface area contributed by atoms with Crippen LogP contribution in [0.5, 0.6) is 0 Å². The second-order valence-electron chi connectivity index (χ2n) is 6.04. The van der Waals surface area contributed by atoms with Crippen molar-refractivity contribution in [1.82, 2.24) is 15.2 Å². The van der Waals surface area contributed by atoms with Crippen LogP contribution in [0.25, 0.3) is 10.6 Å². The van der Waals surface area contributed by atoms with Crippen molar-refractivity contribution in [3.8, 4) is 10.6 Å². The Hall–Kier alpha value is -2.84. The summed E-state index contributed by atoms with van der Waals surface area (Å²) in [6, 6.07) is 9.33. The second-order valence-corrected chi connectivity index (χ2v) is 7.02. The molecule has 2 aromatic heterocycles. The van der Waals surface area contributed by atoms with Gasteiger partial charge in [0.2, 0.25) is 5.13 Å². The number of aromatic nitrogens is 3. The Morgan fingerprint density at radius 1 is 1.15 bits per heavy atom. The molecule has 0 unspecified atom stereocenters. The predicted molar refractivity (Wildman–Crippen MR) is 101 cm³/mol. The van der Waals surface area contributed by atoms with Crippen LogP contribution in [0.1, 0.15) is 17.0 Å². The maximum Gasteiger partial charge on any atom is 0.325 e. The Morgan fingerprint density at radius 2 is 1.96 bits per heavy atom. The van der Waals surface area contributed by atoms with Gasteiger partial charge >= 0.3 is 6.03 Å². The van der Waals surface area contributed by atoms with Crippen LogP contribution in [-0.2, 0) is 4.74 Å². The highest BCUT2D eigenvalue weighted by molar-refractivity contribution is 7.18. The van der Waals surface area contributed by atoms with E-state index in [2.05, 4.69) is 25.8 Å². The maximum atomic E-state index is 12.2. The zero-order valence-electron chi connectivity index (χ0n) is 14.1. The molecule has 1 saturated heterocycles. The van der Waals surface area contributed by atoms with E-state index in [1.165, 1.54) is 16.9 Å². The molecule has 0 bridgehead atoms. The third-order valence-corrected chi connectivity index (χ3v) is 5.05. The van der Waals surface area contributed by atoms with Crippen molar-refractivity contribution in [3.05, 3.63) is 53.9 Å². The fraction of sp³-hybridized carbons (Fsp3) is 0.222. The Labute approximate surface area is 154 Å². The second kappa shape index (κ2) is 7.19. The van der Waals surface area contributed by atoms with E-state index in [4.69, 9.17) is 4.74 Å². The van der Waals surface area contributed by atoms with E-state index in [1.807, 2.05) is 37.3 Å². The number of aryl methyl sites for hydroxylation is 1. The van der Waals surface area contributed by atoms with Gasteiger partial charge in [-0.25, -0.2) is 4.79 Å². The van der Waals surface area contributed by atoms with Crippen molar-refractivity contribution in [2.75, 3.05) is 23.8 Å². The number of benzene rings is 1. The molecule has 1 aliphatic rings. The fourth-order valence-electron chi connectivity index (χ4n) is 2.62. The number of amides is 2. The Kier molecular flexibility index (Phi) is 4.59. The summed E-state index contributed by atoms with van der Waals surface area (Å²) in [5, 5.41) is 14.9. The number of hydrogen-bond acceptors (Lipinski definition) is 6. The number of carbonyl (C=O) groups is 1. The lowest BCUT2D eigenvalue weighted by Gasteiger charge is -2.26. The van der Waals surface area contributed by atoms with Crippen molar-refractivity contribution in [2.24, 2.45) is 0 Å². The van der Waals surface area contributed by atoms with Gasteiger partial charge in [-0.1, -0.05) is 23.5 Å². The highest BCUT2D eigenvalue weighted by Crippen LogP contribution is 2.28. The minimum atomic E-state index is -0.348. The first-order chi connectivity index (χ1) is 12.7. The number of pyridine rings is 1. The summed E-state index contributed by atoms with van der Waals surface area (Å²) >= 11 is 1.32. The summed E-state index contributed by atoms with van der Waals surface area (Å²) in [7, 11) is 0. The average molecular weight is 367 g/mol. The van der Waals surface area contributed by atoms with Gasteiger partial charge in [0.15, 0.2) is 0 Å². The number of hydrogen-bond donors (Lipinski definition) is 2. The standard InChI is InChI=1S/C18H17N5O2S/c1-11-8-19-7-6-15(11)16-22-23-18(26-16)21-17(24)20-14-4-2-12(3-5-14)13-9-25-10-13/h2-8,13H,9-10H2,1H3,(H2,20,21,23,24). The first-order valence-corrected chi connectivity index (χ1v) is 9.01. The van der Waals surface area contributed by atoms with Gasteiger partial charge in [0.1, 0.15) is 5.01 Å². The summed E-state index contributed by atoms with van der Waals surface area (Å²) in [4.78, 5) is 16.2. The fourth-order valence-corrected chi connectivity index (χ4v) is 3.45. The Morgan fingerprint density at radius 3 is 2.65 bits per heavy atom. The Bertz CT molecular complexity index is 921. The van der Waals surface area contributed by atoms with E-state index in [-0.39, 0.29) is 6.03 Å². The molecule has 3 aromatic rings. The molecule has 0 radical (unpaired) electrons. The molecule has 0 spiro atoms. The quantitative estimate of drug-likeness (QED) is 0.734. The van der Waals surface area contributed by atoms with Crippen molar-refractivity contribution in [3.63, 3.8) is 0 Å². The largest absolute Gasteiger partial charge is 0.380 e. The number of urea groups is 1. The molecule has 1 aromatic carbocycles. The lowest BCUT2D eigenvalue weighted by atomic mass is 9.97. The van der Waals surface area contributed by atoms with E-state index >= 15 is 0 Å². The monoisotopic (exact) mass is 367 g/mol. The molecular weight excluding hydrogens is 350 g/mol. The van der Waals surface area contributed by atoms with Crippen LogP contribution in [0.15, 0.2) is 42.7 Å². The summed E-state index contributed by atoms with van der Waals surface area (Å²) in [6.07, 6.45) is 3.48. The average Bonchev–Trinajstić information content (AvgIpc) is 3.03. The van der Waals surface area contributed by atoms with Gasteiger partial charge in [-0.05, 0) is 36.2 Å². The molecule has 26 heavy (non-hydrogen) atoms. The predicted octanol–water partition coefficient (Wildman–Crippen LogP) is 3.67. The van der Waals surface area contributed by atoms with Crippen LogP contribution in [0.2, 0.25) is 0 Å². The van der Waals surface area contributed by atoms with E-state index in [0.717, 1.165) is 35.0 Å². The lowest BCUT2D eigenvalue weighted by Crippen LogP contribution is -2.25. The van der Waals surface area contributed by atoms with Gasteiger partial charge in [-0.3, -0.25) is 10.3 Å². The SMILES string of the molecule is Cc1cnccc1-c1nnc(NC(=O)Nc2ccc(C3COC3)cc2)s1. The van der Waals surface area contributed by atoms with Crippen molar-refractivity contribution in [1.29, 1.82) is 0 Å². The zero-order valence-corrected chi connectivity index (χ0v) is 14.9. The van der Waals surface area contributed by atoms with Gasteiger partial charge in [0, 0.05) is 29.6 Å². The zero-order chi connectivity index (χ0) is 17.9. The number of nitrogens with zero attached hydrogens (tertiary/aromatic N) is 3. The number of carbonyl (C=O) groups excluding carboxylic acids is 1. The molecule has 0 atom stereocenters. The van der Waals surface area contributed by atoms with Crippen LogP contribution >= 0.6 is 11.3 Å². The number of ether oxygens (including phenoxy) is 1. The Balaban J connectivity index is 1.38. The molecule has 132 valence electrons. The van der Waals surface area contributed by atoms with Crippen LogP contribution < -0.4 is 10.6 Å². The summed E-state index contributed by atoms with van der Waals surface area (Å²) in [5.41, 5.74) is 3.92. The van der Waals surface area contributed by atoms with E-state index < -0.39 is 0 Å². The molecule has 1 aliphatic heterocycles. The first-order valence-electron chi connectivity index (χ1n) is 8.19. The van der Waals surface area contributed by atoms with Crippen molar-refractivity contribution < 1.29 is 9.53 Å². The highest BCUT2D eigenvalue weighted by atomic mass is 32.1. The van der Waals surface area contributed by atoms with Crippen molar-refractivity contribution in [2.45, 2.75) is 12.8 Å². The van der Waals surface area contributed by atoms with Crippen LogP contribution in [-0.4, -0.2) is 34.4 Å². The first kappa shape index (κ1) is 16.6. The minimum Gasteiger partial charge on any atom is -0.380 e. The summed E-state index contributed by atoms with van der Waals surface area (Å²) < 4.78 is 5.20. The van der Waals surface area contributed by atoms with Gasteiger partial charge < -0.3 is 10.1 Å². The molecule has 0 saturated carbocycles. The molecular formula is C18H17N5O2S. The maximum absolute atomic E-state index is 12.2.